The lowest BCUT2D eigenvalue weighted by atomic mass is 9.80. The number of aromatic nitrogens is 2. The van der Waals surface area contributed by atoms with Crippen molar-refractivity contribution in [3.63, 3.8) is 0 Å². The van der Waals surface area contributed by atoms with Gasteiger partial charge in [0.05, 0.1) is 38.8 Å². The van der Waals surface area contributed by atoms with Crippen molar-refractivity contribution < 1.29 is 35.7 Å². The lowest BCUT2D eigenvalue weighted by Crippen LogP contribution is -2.41. The summed E-state index contributed by atoms with van der Waals surface area (Å²) >= 11 is 0. The molecule has 35 heavy (non-hydrogen) atoms. The smallest absolute Gasteiger partial charge is 0.399 e. The number of anilines is 1. The van der Waals surface area contributed by atoms with Crippen LogP contribution >= 0.6 is 0 Å². The van der Waals surface area contributed by atoms with E-state index >= 15 is 0 Å². The van der Waals surface area contributed by atoms with Gasteiger partial charge in [0.25, 0.3) is 5.91 Å². The Labute approximate surface area is 201 Å². The van der Waals surface area contributed by atoms with Gasteiger partial charge in [0.2, 0.25) is 0 Å². The Balaban J connectivity index is 1.76. The van der Waals surface area contributed by atoms with Crippen molar-refractivity contribution in [2.24, 2.45) is 0 Å². The van der Waals surface area contributed by atoms with Crippen LogP contribution in [-0.2, 0) is 31.7 Å². The van der Waals surface area contributed by atoms with Gasteiger partial charge in [-0.2, -0.15) is 13.2 Å². The quantitative estimate of drug-likeness (QED) is 0.583. The van der Waals surface area contributed by atoms with Crippen molar-refractivity contribution in [3.8, 4) is 0 Å². The summed E-state index contributed by atoms with van der Waals surface area (Å²) in [6, 6.07) is 2.14. The van der Waals surface area contributed by atoms with Crippen LogP contribution in [0.25, 0.3) is 0 Å². The molecule has 1 fully saturated rings. The van der Waals surface area contributed by atoms with Crippen LogP contribution in [0.1, 0.15) is 56.4 Å². The van der Waals surface area contributed by atoms with Gasteiger partial charge in [0, 0.05) is 30.8 Å². The third-order valence-corrected chi connectivity index (χ3v) is 8.44. The number of fused-ring (bicyclic) bond motifs is 1. The first kappa shape index (κ1) is 25.6. The standard InChI is InChI=1S/C22H25BF3N3O5S/c1-6-35(31,32)17-10-14(23-33-20(2,3)21(4,5)34-23)12-28-18(17)19(30)29-8-7-15-16(29)9-13(11-27-15)22(24,25)26/h9-12H,6-8H2,1-5H3. The summed E-state index contributed by atoms with van der Waals surface area (Å²) in [7, 11) is -4.85. The van der Waals surface area contributed by atoms with Crippen LogP contribution in [0.2, 0.25) is 0 Å². The molecule has 2 aromatic heterocycles. The number of hydrogen-bond donors (Lipinski definition) is 0. The van der Waals surface area contributed by atoms with Crippen LogP contribution in [0.5, 0.6) is 0 Å². The molecule has 4 heterocycles. The Kier molecular flexibility index (Phi) is 6.05. The fourth-order valence-corrected chi connectivity index (χ4v) is 4.92. The molecular formula is C22H25BF3N3O5S. The molecule has 0 N–H and O–H groups in total. The Morgan fingerprint density at radius 2 is 1.74 bits per heavy atom. The molecule has 2 aromatic rings. The zero-order valence-corrected chi connectivity index (χ0v) is 20.7. The van der Waals surface area contributed by atoms with Crippen molar-refractivity contribution in [2.45, 2.75) is 63.3 Å². The number of carbonyl (C=O) groups excluding carboxylic acids is 1. The number of amides is 1. The predicted molar refractivity (Wildman–Crippen MR) is 122 cm³/mol. The zero-order chi connectivity index (χ0) is 26.0. The van der Waals surface area contributed by atoms with Gasteiger partial charge in [-0.25, -0.2) is 8.42 Å². The largest absolute Gasteiger partial charge is 0.496 e. The number of hydrogen-bond acceptors (Lipinski definition) is 7. The summed E-state index contributed by atoms with van der Waals surface area (Å²) in [5.74, 6) is -1.13. The molecule has 0 spiro atoms. The SMILES string of the molecule is CCS(=O)(=O)c1cc(B2OC(C)(C)C(C)(C)O2)cnc1C(=O)N1CCc2ncc(C(F)(F)F)cc21. The summed E-state index contributed by atoms with van der Waals surface area (Å²) in [4.78, 5) is 22.2. The zero-order valence-electron chi connectivity index (χ0n) is 19.9. The highest BCUT2D eigenvalue weighted by atomic mass is 32.2. The second kappa shape index (κ2) is 8.27. The average Bonchev–Trinajstić information content (AvgIpc) is 3.29. The summed E-state index contributed by atoms with van der Waals surface area (Å²) in [5, 5.41) is 0. The van der Waals surface area contributed by atoms with Gasteiger partial charge in [-0.15, -0.1) is 0 Å². The van der Waals surface area contributed by atoms with Crippen LogP contribution in [0, 0.1) is 0 Å². The van der Waals surface area contributed by atoms with E-state index < -0.39 is 45.8 Å². The van der Waals surface area contributed by atoms with E-state index in [0.717, 1.165) is 17.2 Å². The normalized spacial score (nSPS) is 19.2. The van der Waals surface area contributed by atoms with Crippen molar-refractivity contribution in [2.75, 3.05) is 17.2 Å². The number of pyridine rings is 2. The molecule has 1 saturated heterocycles. The molecule has 8 nitrogen and oxygen atoms in total. The first-order valence-electron chi connectivity index (χ1n) is 11.0. The van der Waals surface area contributed by atoms with Gasteiger partial charge in [0.15, 0.2) is 9.84 Å². The van der Waals surface area contributed by atoms with Crippen molar-refractivity contribution in [1.29, 1.82) is 0 Å². The number of alkyl halides is 3. The summed E-state index contributed by atoms with van der Waals surface area (Å²) in [6.07, 6.45) is -2.39. The van der Waals surface area contributed by atoms with Crippen LogP contribution in [0.4, 0.5) is 18.9 Å². The summed E-state index contributed by atoms with van der Waals surface area (Å²) in [6.45, 7) is 8.85. The molecule has 188 valence electrons. The molecule has 0 bridgehead atoms. The van der Waals surface area contributed by atoms with Crippen LogP contribution in [0.15, 0.2) is 29.4 Å². The van der Waals surface area contributed by atoms with Crippen molar-refractivity contribution >= 4 is 34.0 Å². The van der Waals surface area contributed by atoms with Crippen LogP contribution < -0.4 is 10.4 Å². The third kappa shape index (κ3) is 4.45. The van der Waals surface area contributed by atoms with E-state index in [1.807, 2.05) is 27.7 Å². The first-order chi connectivity index (χ1) is 16.1. The number of nitrogens with zero attached hydrogens (tertiary/aromatic N) is 3. The Hall–Kier alpha value is -2.51. The van der Waals surface area contributed by atoms with Crippen LogP contribution in [-0.4, -0.2) is 54.9 Å². The van der Waals surface area contributed by atoms with E-state index in [9.17, 15) is 26.4 Å². The summed E-state index contributed by atoms with van der Waals surface area (Å²) in [5.41, 5.74) is -2.12. The number of halogens is 3. The maximum absolute atomic E-state index is 13.4. The maximum atomic E-state index is 13.4. The van der Waals surface area contributed by atoms with Gasteiger partial charge >= 0.3 is 13.3 Å². The van der Waals surface area contributed by atoms with E-state index in [2.05, 4.69) is 9.97 Å². The maximum Gasteiger partial charge on any atom is 0.496 e. The van der Waals surface area contributed by atoms with Crippen LogP contribution in [0.3, 0.4) is 0 Å². The van der Waals surface area contributed by atoms with Gasteiger partial charge in [-0.1, -0.05) is 6.92 Å². The lowest BCUT2D eigenvalue weighted by molar-refractivity contribution is -0.137. The number of sulfone groups is 1. The molecule has 2 aliphatic rings. The first-order valence-corrected chi connectivity index (χ1v) is 12.7. The summed E-state index contributed by atoms with van der Waals surface area (Å²) < 4.78 is 77.5. The minimum Gasteiger partial charge on any atom is -0.399 e. The molecular weight excluding hydrogens is 486 g/mol. The molecule has 4 rings (SSSR count). The van der Waals surface area contributed by atoms with Gasteiger partial charge in [0.1, 0.15) is 5.69 Å². The van der Waals surface area contributed by atoms with Gasteiger partial charge < -0.3 is 14.2 Å². The minimum absolute atomic E-state index is 0.0125. The van der Waals surface area contributed by atoms with Crippen molar-refractivity contribution in [1.82, 2.24) is 9.97 Å². The molecule has 0 atom stereocenters. The Morgan fingerprint density at radius 1 is 1.11 bits per heavy atom. The fourth-order valence-electron chi connectivity index (χ4n) is 3.86. The average molecular weight is 511 g/mol. The second-order valence-corrected chi connectivity index (χ2v) is 11.7. The van der Waals surface area contributed by atoms with E-state index in [1.54, 1.807) is 0 Å². The van der Waals surface area contributed by atoms with E-state index in [-0.39, 0.29) is 35.0 Å². The minimum atomic E-state index is -4.64. The number of carbonyl (C=O) groups is 1. The highest BCUT2D eigenvalue weighted by Gasteiger charge is 2.52. The highest BCUT2D eigenvalue weighted by molar-refractivity contribution is 7.91. The Morgan fingerprint density at radius 3 is 2.31 bits per heavy atom. The third-order valence-electron chi connectivity index (χ3n) is 6.70. The Bertz CT molecular complexity index is 1280. The molecule has 0 aromatic carbocycles. The molecule has 0 unspecified atom stereocenters. The topological polar surface area (TPSA) is 98.7 Å². The molecule has 0 saturated carbocycles. The highest BCUT2D eigenvalue weighted by Crippen LogP contribution is 2.37. The van der Waals surface area contributed by atoms with Gasteiger partial charge in [-0.3, -0.25) is 14.8 Å². The molecule has 13 heteroatoms. The predicted octanol–water partition coefficient (Wildman–Crippen LogP) is 2.79. The van der Waals surface area contributed by atoms with E-state index in [4.69, 9.17) is 9.31 Å². The molecule has 0 aliphatic carbocycles. The molecule has 2 aliphatic heterocycles. The van der Waals surface area contributed by atoms with E-state index in [0.29, 0.717) is 11.2 Å². The van der Waals surface area contributed by atoms with Gasteiger partial charge in [-0.05, 0) is 39.8 Å². The molecule has 0 radical (unpaired) electrons. The molecule has 1 amide bonds. The monoisotopic (exact) mass is 511 g/mol. The van der Waals surface area contributed by atoms with E-state index in [1.165, 1.54) is 19.2 Å². The van der Waals surface area contributed by atoms with Crippen molar-refractivity contribution in [3.05, 3.63) is 41.5 Å². The lowest BCUT2D eigenvalue weighted by Gasteiger charge is -2.32. The fraction of sp³-hybridized carbons (Fsp3) is 0.500. The second-order valence-electron chi connectivity index (χ2n) is 9.50. The number of rotatable bonds is 4.